The van der Waals surface area contributed by atoms with E-state index in [0.717, 1.165) is 10.5 Å². The molecule has 6 heteroatoms. The number of benzene rings is 3. The smallest absolute Gasteiger partial charge is 0.255 e. The summed E-state index contributed by atoms with van der Waals surface area (Å²) in [5.41, 5.74) is 2.73. The van der Waals surface area contributed by atoms with Gasteiger partial charge >= 0.3 is 0 Å². The van der Waals surface area contributed by atoms with E-state index < -0.39 is 0 Å². The SMILES string of the molecule is C[C@H]1CC(=O)N(c2cccc(C(=O)Nc3cccc(-c4cccc(F)c4)c3)c2)C1=O. The lowest BCUT2D eigenvalue weighted by Gasteiger charge is -2.15. The zero-order valence-corrected chi connectivity index (χ0v) is 16.3. The zero-order chi connectivity index (χ0) is 21.3. The summed E-state index contributed by atoms with van der Waals surface area (Å²) >= 11 is 0. The lowest BCUT2D eigenvalue weighted by molar-refractivity contribution is -0.122. The Morgan fingerprint density at radius 1 is 0.967 bits per heavy atom. The molecular formula is C24H19FN2O3. The number of rotatable bonds is 4. The van der Waals surface area contributed by atoms with Gasteiger partial charge in [-0.05, 0) is 53.6 Å². The molecule has 0 bridgehead atoms. The first-order chi connectivity index (χ1) is 14.4. The Hall–Kier alpha value is -3.80. The highest BCUT2D eigenvalue weighted by molar-refractivity contribution is 6.21. The average Bonchev–Trinajstić information content (AvgIpc) is 2.99. The van der Waals surface area contributed by atoms with Gasteiger partial charge in [-0.1, -0.05) is 37.3 Å². The van der Waals surface area contributed by atoms with E-state index in [-0.39, 0.29) is 35.9 Å². The van der Waals surface area contributed by atoms with Gasteiger partial charge in [-0.3, -0.25) is 19.3 Å². The van der Waals surface area contributed by atoms with Crippen molar-refractivity contribution in [3.05, 3.63) is 84.2 Å². The molecule has 3 aromatic rings. The molecule has 1 fully saturated rings. The number of imide groups is 1. The number of halogens is 1. The highest BCUT2D eigenvalue weighted by Crippen LogP contribution is 2.27. The van der Waals surface area contributed by atoms with Crippen LogP contribution in [-0.4, -0.2) is 17.7 Å². The van der Waals surface area contributed by atoms with Crippen molar-refractivity contribution in [1.29, 1.82) is 0 Å². The van der Waals surface area contributed by atoms with E-state index in [1.54, 1.807) is 55.5 Å². The maximum atomic E-state index is 13.5. The predicted octanol–water partition coefficient (Wildman–Crippen LogP) is 4.64. The van der Waals surface area contributed by atoms with Gasteiger partial charge in [-0.25, -0.2) is 4.39 Å². The molecule has 0 radical (unpaired) electrons. The molecule has 3 amide bonds. The van der Waals surface area contributed by atoms with E-state index >= 15 is 0 Å². The van der Waals surface area contributed by atoms with Gasteiger partial charge < -0.3 is 5.32 Å². The Labute approximate surface area is 173 Å². The molecule has 0 saturated carbocycles. The lowest BCUT2D eigenvalue weighted by atomic mass is 10.0. The van der Waals surface area contributed by atoms with Crippen LogP contribution in [0.4, 0.5) is 15.8 Å². The van der Waals surface area contributed by atoms with Crippen LogP contribution in [0.25, 0.3) is 11.1 Å². The molecule has 0 spiro atoms. The zero-order valence-electron chi connectivity index (χ0n) is 16.3. The van der Waals surface area contributed by atoms with E-state index in [4.69, 9.17) is 0 Å². The maximum absolute atomic E-state index is 13.5. The lowest BCUT2D eigenvalue weighted by Crippen LogP contribution is -2.30. The van der Waals surface area contributed by atoms with E-state index in [0.29, 0.717) is 22.5 Å². The quantitative estimate of drug-likeness (QED) is 0.647. The molecule has 150 valence electrons. The molecule has 1 aliphatic rings. The van der Waals surface area contributed by atoms with Gasteiger partial charge in [0.2, 0.25) is 11.8 Å². The van der Waals surface area contributed by atoms with Crippen LogP contribution in [-0.2, 0) is 9.59 Å². The monoisotopic (exact) mass is 402 g/mol. The Balaban J connectivity index is 1.56. The van der Waals surface area contributed by atoms with Gasteiger partial charge in [-0.2, -0.15) is 0 Å². The summed E-state index contributed by atoms with van der Waals surface area (Å²) in [6, 6.07) is 19.7. The number of carbonyl (C=O) groups excluding carboxylic acids is 3. The van der Waals surface area contributed by atoms with Gasteiger partial charge in [0.05, 0.1) is 5.69 Å². The summed E-state index contributed by atoms with van der Waals surface area (Å²) in [5, 5.41) is 2.81. The topological polar surface area (TPSA) is 66.5 Å². The van der Waals surface area contributed by atoms with Crippen LogP contribution in [0.5, 0.6) is 0 Å². The van der Waals surface area contributed by atoms with Crippen molar-refractivity contribution in [2.24, 2.45) is 5.92 Å². The molecule has 5 nitrogen and oxygen atoms in total. The van der Waals surface area contributed by atoms with Crippen molar-refractivity contribution < 1.29 is 18.8 Å². The number of hydrogen-bond donors (Lipinski definition) is 1. The van der Waals surface area contributed by atoms with Gasteiger partial charge in [-0.15, -0.1) is 0 Å². The van der Waals surface area contributed by atoms with Crippen molar-refractivity contribution in [3.63, 3.8) is 0 Å². The number of carbonyl (C=O) groups is 3. The molecule has 0 aliphatic carbocycles. The van der Waals surface area contributed by atoms with Crippen LogP contribution >= 0.6 is 0 Å². The van der Waals surface area contributed by atoms with Gasteiger partial charge in [0.1, 0.15) is 5.82 Å². The standard InChI is InChI=1S/C24H19FN2O3/c1-15-11-22(28)27(24(15)30)21-10-4-7-18(14-21)23(29)26-20-9-3-6-17(13-20)16-5-2-8-19(25)12-16/h2-10,12-15H,11H2,1H3,(H,26,29)/t15-/m0/s1. The van der Waals surface area contributed by atoms with Gasteiger partial charge in [0.15, 0.2) is 0 Å². The first-order valence-corrected chi connectivity index (χ1v) is 9.56. The van der Waals surface area contributed by atoms with Crippen LogP contribution in [0.3, 0.4) is 0 Å². The third-order valence-electron chi connectivity index (χ3n) is 5.02. The average molecular weight is 402 g/mol. The molecule has 0 unspecified atom stereocenters. The number of nitrogens with zero attached hydrogens (tertiary/aromatic N) is 1. The molecule has 1 heterocycles. The van der Waals surface area contributed by atoms with Crippen molar-refractivity contribution in [2.75, 3.05) is 10.2 Å². The summed E-state index contributed by atoms with van der Waals surface area (Å²) in [6.07, 6.45) is 0.169. The van der Waals surface area contributed by atoms with E-state index in [9.17, 15) is 18.8 Å². The highest BCUT2D eigenvalue weighted by Gasteiger charge is 2.36. The first kappa shape index (κ1) is 19.5. The van der Waals surface area contributed by atoms with Crippen molar-refractivity contribution >= 4 is 29.1 Å². The number of amides is 3. The normalized spacial score (nSPS) is 16.1. The van der Waals surface area contributed by atoms with E-state index in [2.05, 4.69) is 5.32 Å². The minimum Gasteiger partial charge on any atom is -0.322 e. The molecule has 1 N–H and O–H groups in total. The Morgan fingerprint density at radius 3 is 2.37 bits per heavy atom. The molecular weight excluding hydrogens is 383 g/mol. The summed E-state index contributed by atoms with van der Waals surface area (Å²) < 4.78 is 13.5. The van der Waals surface area contributed by atoms with E-state index in [1.807, 2.05) is 6.07 Å². The number of hydrogen-bond acceptors (Lipinski definition) is 3. The summed E-state index contributed by atoms with van der Waals surface area (Å²) in [6.45, 7) is 1.71. The summed E-state index contributed by atoms with van der Waals surface area (Å²) in [4.78, 5) is 38.3. The fourth-order valence-electron chi connectivity index (χ4n) is 3.49. The fourth-order valence-corrected chi connectivity index (χ4v) is 3.49. The minimum atomic E-state index is -0.375. The number of nitrogens with one attached hydrogen (secondary N) is 1. The van der Waals surface area contributed by atoms with Crippen LogP contribution in [0, 0.1) is 11.7 Å². The van der Waals surface area contributed by atoms with Gasteiger partial charge in [0, 0.05) is 23.6 Å². The van der Waals surface area contributed by atoms with E-state index in [1.165, 1.54) is 18.2 Å². The highest BCUT2D eigenvalue weighted by atomic mass is 19.1. The predicted molar refractivity (Wildman–Crippen MR) is 113 cm³/mol. The number of anilines is 2. The molecule has 30 heavy (non-hydrogen) atoms. The van der Waals surface area contributed by atoms with Crippen molar-refractivity contribution in [3.8, 4) is 11.1 Å². The molecule has 1 saturated heterocycles. The minimum absolute atomic E-state index is 0.169. The maximum Gasteiger partial charge on any atom is 0.255 e. The third kappa shape index (κ3) is 3.85. The van der Waals surface area contributed by atoms with Crippen molar-refractivity contribution in [2.45, 2.75) is 13.3 Å². The first-order valence-electron chi connectivity index (χ1n) is 9.56. The molecule has 3 aromatic carbocycles. The summed E-state index contributed by atoms with van der Waals surface area (Å²) in [7, 11) is 0. The second kappa shape index (κ2) is 7.91. The van der Waals surface area contributed by atoms with Crippen molar-refractivity contribution in [1.82, 2.24) is 0 Å². The summed E-state index contributed by atoms with van der Waals surface area (Å²) in [5.74, 6) is -1.60. The third-order valence-corrected chi connectivity index (χ3v) is 5.02. The van der Waals surface area contributed by atoms with Crippen LogP contribution in [0.1, 0.15) is 23.7 Å². The second-order valence-corrected chi connectivity index (χ2v) is 7.27. The van der Waals surface area contributed by atoms with Gasteiger partial charge in [0.25, 0.3) is 5.91 Å². The Bertz CT molecular complexity index is 1160. The molecule has 0 aromatic heterocycles. The molecule has 1 atom stereocenters. The molecule has 4 rings (SSSR count). The largest absolute Gasteiger partial charge is 0.322 e. The van der Waals surface area contributed by atoms with Crippen LogP contribution < -0.4 is 10.2 Å². The second-order valence-electron chi connectivity index (χ2n) is 7.27. The van der Waals surface area contributed by atoms with Crippen LogP contribution in [0.2, 0.25) is 0 Å². The molecule has 1 aliphatic heterocycles. The Morgan fingerprint density at radius 2 is 1.67 bits per heavy atom. The Kier molecular flexibility index (Phi) is 5.14. The van der Waals surface area contributed by atoms with Crippen LogP contribution in [0.15, 0.2) is 72.8 Å². The fraction of sp³-hybridized carbons (Fsp3) is 0.125.